The van der Waals surface area contributed by atoms with Gasteiger partial charge in [-0.3, -0.25) is 0 Å². The van der Waals surface area contributed by atoms with Gasteiger partial charge in [0.1, 0.15) is 0 Å². The van der Waals surface area contributed by atoms with Crippen LogP contribution in [0, 0.1) is 0 Å². The minimum atomic E-state index is -3.43. The largest absolute Gasteiger partial charge is 0.316 e. The second-order valence-electron chi connectivity index (χ2n) is 8.24. The number of imidazole rings is 1. The molecule has 1 aliphatic carbocycles. The summed E-state index contributed by atoms with van der Waals surface area (Å²) in [6, 6.07) is 16.4. The van der Waals surface area contributed by atoms with Crippen LogP contribution in [0.15, 0.2) is 58.6 Å². The topological polar surface area (TPSA) is 55.2 Å². The number of fused-ring (bicyclic) bond motifs is 1. The molecule has 30 heavy (non-hydrogen) atoms. The van der Waals surface area contributed by atoms with Gasteiger partial charge in [-0.25, -0.2) is 13.4 Å². The molecule has 2 aliphatic rings. The molecule has 0 bridgehead atoms. The second kappa shape index (κ2) is 8.36. The Labute approximate surface area is 182 Å². The predicted molar refractivity (Wildman–Crippen MR) is 121 cm³/mol. The normalized spacial score (nSPS) is 18.5. The zero-order valence-corrected chi connectivity index (χ0v) is 18.7. The molecule has 2 fully saturated rings. The first kappa shape index (κ1) is 20.1. The molecule has 5 rings (SSSR count). The highest BCUT2D eigenvalue weighted by Crippen LogP contribution is 2.38. The van der Waals surface area contributed by atoms with Crippen LogP contribution in [0.2, 0.25) is 0 Å². The third kappa shape index (κ3) is 3.79. The van der Waals surface area contributed by atoms with Crippen LogP contribution in [-0.2, 0) is 15.8 Å². The number of benzene rings is 2. The molecule has 0 spiro atoms. The van der Waals surface area contributed by atoms with Gasteiger partial charge in [0.2, 0.25) is 10.0 Å². The second-order valence-corrected chi connectivity index (χ2v) is 11.1. The van der Waals surface area contributed by atoms with Gasteiger partial charge >= 0.3 is 0 Å². The molecule has 7 heteroatoms. The van der Waals surface area contributed by atoms with Crippen LogP contribution in [0.5, 0.6) is 0 Å². The highest BCUT2D eigenvalue weighted by atomic mass is 32.2. The van der Waals surface area contributed by atoms with Gasteiger partial charge in [0, 0.05) is 24.9 Å². The van der Waals surface area contributed by atoms with Crippen LogP contribution in [0.25, 0.3) is 11.0 Å². The maximum absolute atomic E-state index is 13.0. The summed E-state index contributed by atoms with van der Waals surface area (Å²) in [7, 11) is -3.43. The molecule has 0 atom stereocenters. The molecular formula is C23H27N3O2S2. The Morgan fingerprint density at radius 3 is 2.43 bits per heavy atom. The van der Waals surface area contributed by atoms with E-state index in [1.54, 1.807) is 28.2 Å². The van der Waals surface area contributed by atoms with E-state index in [0.717, 1.165) is 47.6 Å². The first-order valence-corrected chi connectivity index (χ1v) is 13.2. The van der Waals surface area contributed by atoms with Gasteiger partial charge in [0.25, 0.3) is 0 Å². The Hall–Kier alpha value is -1.83. The first-order chi connectivity index (χ1) is 14.6. The van der Waals surface area contributed by atoms with Gasteiger partial charge in [-0.15, -0.1) is 0 Å². The van der Waals surface area contributed by atoms with Crippen molar-refractivity contribution in [2.45, 2.75) is 60.4 Å². The van der Waals surface area contributed by atoms with Crippen molar-refractivity contribution in [3.05, 3.63) is 54.1 Å². The molecule has 1 aliphatic heterocycles. The lowest BCUT2D eigenvalue weighted by molar-refractivity contribution is 0.477. The van der Waals surface area contributed by atoms with Gasteiger partial charge in [-0.05, 0) is 49.4 Å². The molecular weight excluding hydrogens is 414 g/mol. The Morgan fingerprint density at radius 1 is 0.967 bits per heavy atom. The Balaban J connectivity index is 1.52. The van der Waals surface area contributed by atoms with Crippen LogP contribution >= 0.6 is 11.8 Å². The molecule has 1 aromatic heterocycles. The van der Waals surface area contributed by atoms with Gasteiger partial charge in [0.05, 0.1) is 15.9 Å². The van der Waals surface area contributed by atoms with Crippen molar-refractivity contribution in [3.8, 4) is 0 Å². The monoisotopic (exact) mass is 441 g/mol. The van der Waals surface area contributed by atoms with E-state index in [9.17, 15) is 8.42 Å². The van der Waals surface area contributed by atoms with E-state index in [2.05, 4.69) is 28.8 Å². The molecule has 1 saturated heterocycles. The molecule has 0 unspecified atom stereocenters. The molecule has 0 amide bonds. The van der Waals surface area contributed by atoms with E-state index in [1.165, 1.54) is 18.4 Å². The Bertz CT molecular complexity index is 1130. The van der Waals surface area contributed by atoms with Crippen molar-refractivity contribution in [2.24, 2.45) is 0 Å². The third-order valence-corrected chi connectivity index (χ3v) is 9.15. The van der Waals surface area contributed by atoms with E-state index in [1.807, 2.05) is 12.1 Å². The average Bonchev–Trinajstić information content (AvgIpc) is 3.53. The van der Waals surface area contributed by atoms with E-state index >= 15 is 0 Å². The van der Waals surface area contributed by atoms with E-state index in [-0.39, 0.29) is 0 Å². The SMILES string of the molecule is O=S(=O)(c1ccc2c(c1)nc(SCc1ccccc1)n2C1CCCC1)N1CCCC1. The maximum Gasteiger partial charge on any atom is 0.243 e. The number of nitrogens with zero attached hydrogens (tertiary/aromatic N) is 3. The molecule has 2 aromatic carbocycles. The number of hydrogen-bond acceptors (Lipinski definition) is 4. The fourth-order valence-electron chi connectivity index (χ4n) is 4.63. The lowest BCUT2D eigenvalue weighted by atomic mass is 10.2. The van der Waals surface area contributed by atoms with Crippen molar-refractivity contribution in [2.75, 3.05) is 13.1 Å². The van der Waals surface area contributed by atoms with Crippen LogP contribution in [0.1, 0.15) is 50.1 Å². The van der Waals surface area contributed by atoms with Crippen molar-refractivity contribution in [1.82, 2.24) is 13.9 Å². The quantitative estimate of drug-likeness (QED) is 0.492. The fraction of sp³-hybridized carbons (Fsp3) is 0.435. The lowest BCUT2D eigenvalue weighted by Crippen LogP contribution is -2.27. The lowest BCUT2D eigenvalue weighted by Gasteiger charge is -2.17. The highest BCUT2D eigenvalue weighted by Gasteiger charge is 2.29. The van der Waals surface area contributed by atoms with E-state index in [4.69, 9.17) is 4.98 Å². The van der Waals surface area contributed by atoms with Crippen LogP contribution in [-0.4, -0.2) is 35.4 Å². The van der Waals surface area contributed by atoms with Crippen molar-refractivity contribution < 1.29 is 8.42 Å². The molecule has 158 valence electrons. The fourth-order valence-corrected chi connectivity index (χ4v) is 7.21. The number of thioether (sulfide) groups is 1. The van der Waals surface area contributed by atoms with Crippen molar-refractivity contribution >= 4 is 32.8 Å². The van der Waals surface area contributed by atoms with Crippen LogP contribution in [0.4, 0.5) is 0 Å². The third-order valence-electron chi connectivity index (χ3n) is 6.23. The zero-order valence-electron chi connectivity index (χ0n) is 17.0. The number of hydrogen-bond donors (Lipinski definition) is 0. The molecule has 3 aromatic rings. The molecule has 2 heterocycles. The van der Waals surface area contributed by atoms with Gasteiger partial charge < -0.3 is 4.57 Å². The summed E-state index contributed by atoms with van der Waals surface area (Å²) in [5, 5.41) is 0.997. The van der Waals surface area contributed by atoms with Crippen molar-refractivity contribution in [3.63, 3.8) is 0 Å². The predicted octanol–water partition coefficient (Wildman–Crippen LogP) is 5.23. The summed E-state index contributed by atoms with van der Waals surface area (Å²) in [5.74, 6) is 0.857. The Morgan fingerprint density at radius 2 is 1.70 bits per heavy atom. The first-order valence-electron chi connectivity index (χ1n) is 10.8. The number of aromatic nitrogens is 2. The summed E-state index contributed by atoms with van der Waals surface area (Å²) in [4.78, 5) is 5.28. The molecule has 1 saturated carbocycles. The smallest absolute Gasteiger partial charge is 0.243 e. The van der Waals surface area contributed by atoms with Gasteiger partial charge in [0.15, 0.2) is 5.16 Å². The number of rotatable bonds is 6. The minimum absolute atomic E-state index is 0.368. The van der Waals surface area contributed by atoms with E-state index < -0.39 is 10.0 Å². The average molecular weight is 442 g/mol. The standard InChI is InChI=1S/C23H27N3O2S2/c27-30(28,25-14-6-7-15-25)20-12-13-22-21(16-20)24-23(26(22)19-10-4-5-11-19)29-17-18-8-2-1-3-9-18/h1-3,8-9,12-13,16,19H,4-7,10-11,14-15,17H2. The highest BCUT2D eigenvalue weighted by molar-refractivity contribution is 7.98. The minimum Gasteiger partial charge on any atom is -0.316 e. The zero-order chi connectivity index (χ0) is 20.6. The molecule has 0 N–H and O–H groups in total. The van der Waals surface area contributed by atoms with Crippen LogP contribution < -0.4 is 0 Å². The summed E-state index contributed by atoms with van der Waals surface area (Å²) in [6.07, 6.45) is 6.70. The summed E-state index contributed by atoms with van der Waals surface area (Å²) in [5.41, 5.74) is 3.11. The van der Waals surface area contributed by atoms with Crippen LogP contribution in [0.3, 0.4) is 0 Å². The van der Waals surface area contributed by atoms with Gasteiger partial charge in [-0.1, -0.05) is 54.9 Å². The van der Waals surface area contributed by atoms with Gasteiger partial charge in [-0.2, -0.15) is 4.31 Å². The maximum atomic E-state index is 13.0. The molecule has 5 nitrogen and oxygen atoms in total. The molecule has 0 radical (unpaired) electrons. The summed E-state index contributed by atoms with van der Waals surface area (Å²) >= 11 is 1.74. The van der Waals surface area contributed by atoms with E-state index in [0.29, 0.717) is 24.0 Å². The summed E-state index contributed by atoms with van der Waals surface area (Å²) in [6.45, 7) is 1.24. The Kier molecular flexibility index (Phi) is 5.60. The summed E-state index contributed by atoms with van der Waals surface area (Å²) < 4.78 is 30.0. The van der Waals surface area contributed by atoms with Crippen molar-refractivity contribution in [1.29, 1.82) is 0 Å². The number of sulfonamides is 1.